The van der Waals surface area contributed by atoms with Gasteiger partial charge < -0.3 is 9.88 Å². The van der Waals surface area contributed by atoms with Crippen molar-refractivity contribution in [3.63, 3.8) is 0 Å². The predicted molar refractivity (Wildman–Crippen MR) is 227 cm³/mol. The van der Waals surface area contributed by atoms with Crippen molar-refractivity contribution in [1.82, 2.24) is 9.88 Å². The van der Waals surface area contributed by atoms with Gasteiger partial charge in [-0.1, -0.05) is 131 Å². The minimum absolute atomic E-state index is 0.0636. The first kappa shape index (κ1) is 31.8. The Morgan fingerprint density at radius 2 is 1.32 bits per heavy atom. The zero-order valence-corrected chi connectivity index (χ0v) is 31.2. The van der Waals surface area contributed by atoms with Crippen LogP contribution in [-0.2, 0) is 6.42 Å². The Bertz CT molecular complexity index is 2880. The lowest BCUT2D eigenvalue weighted by molar-refractivity contribution is 0.186. The van der Waals surface area contributed by atoms with E-state index in [1.807, 2.05) is 6.20 Å². The monoisotopic (exact) mass is 684 g/mol. The van der Waals surface area contributed by atoms with Gasteiger partial charge in [0.15, 0.2) is 0 Å². The average Bonchev–Trinajstić information content (AvgIpc) is 3.50. The Balaban J connectivity index is 1.25. The zero-order chi connectivity index (χ0) is 36.1. The number of fused-ring (bicyclic) bond motifs is 3. The summed E-state index contributed by atoms with van der Waals surface area (Å²) in [5.41, 5.74) is 12.9. The smallest absolute Gasteiger partial charge is 0.0541 e. The number of nitrogens with zero attached hydrogens (tertiary/aromatic N) is 1. The van der Waals surface area contributed by atoms with Crippen molar-refractivity contribution < 1.29 is 0 Å². The summed E-state index contributed by atoms with van der Waals surface area (Å²) < 4.78 is 2.40. The van der Waals surface area contributed by atoms with E-state index in [1.165, 1.54) is 93.2 Å². The molecule has 1 aromatic heterocycles. The number of aromatic nitrogens is 1. The van der Waals surface area contributed by atoms with Crippen LogP contribution in [0.3, 0.4) is 0 Å². The molecule has 0 amide bonds. The lowest BCUT2D eigenvalue weighted by Crippen LogP contribution is -2.37. The van der Waals surface area contributed by atoms with E-state index in [4.69, 9.17) is 0 Å². The lowest BCUT2D eigenvalue weighted by Gasteiger charge is -2.42. The van der Waals surface area contributed by atoms with E-state index in [1.54, 1.807) is 0 Å². The van der Waals surface area contributed by atoms with Gasteiger partial charge in [0.05, 0.1) is 11.0 Å². The number of dihydropyridines is 1. The average molecular weight is 685 g/mol. The van der Waals surface area contributed by atoms with Crippen LogP contribution in [0.25, 0.3) is 82.9 Å². The van der Waals surface area contributed by atoms with Gasteiger partial charge >= 0.3 is 0 Å². The van der Waals surface area contributed by atoms with Gasteiger partial charge in [-0.25, -0.2) is 0 Å². The third-order valence-corrected chi connectivity index (χ3v) is 12.6. The van der Waals surface area contributed by atoms with E-state index >= 15 is 0 Å². The number of para-hydroxylation sites is 2. The SMILES string of the molecule is CC1NC=CC=C1c1ccc(-c2cc(-c3ccc4c(c3)c3ccccc3n4-c3ccccc3)c3ccc4c5c(ccc2c35)=CC(C)(C(C)(C)C)C4)cc1. The maximum absolute atomic E-state index is 3.46. The largest absolute Gasteiger partial charge is 0.384 e. The highest BCUT2D eigenvalue weighted by molar-refractivity contribution is 6.21. The Morgan fingerprint density at radius 1 is 0.642 bits per heavy atom. The quantitative estimate of drug-likeness (QED) is 0.195. The van der Waals surface area contributed by atoms with E-state index in [0.717, 1.165) is 6.42 Å². The van der Waals surface area contributed by atoms with Gasteiger partial charge in [0.1, 0.15) is 0 Å². The van der Waals surface area contributed by atoms with Crippen LogP contribution in [0.2, 0.25) is 0 Å². The second-order valence-corrected chi connectivity index (χ2v) is 16.6. The summed E-state index contributed by atoms with van der Waals surface area (Å²) in [4.78, 5) is 0. The summed E-state index contributed by atoms with van der Waals surface area (Å²) >= 11 is 0. The molecule has 10 rings (SSSR count). The molecule has 7 aromatic carbocycles. The Kier molecular flexibility index (Phi) is 6.95. The summed E-state index contributed by atoms with van der Waals surface area (Å²) in [5, 5.41) is 12.8. The summed E-state index contributed by atoms with van der Waals surface area (Å²) in [7, 11) is 0. The molecule has 0 radical (unpaired) electrons. The van der Waals surface area contributed by atoms with Gasteiger partial charge in [-0.2, -0.15) is 0 Å². The Labute approximate surface area is 311 Å². The molecule has 2 heterocycles. The van der Waals surface area contributed by atoms with Crippen LogP contribution >= 0.6 is 0 Å². The van der Waals surface area contributed by atoms with Gasteiger partial charge in [-0.3, -0.25) is 0 Å². The molecule has 2 unspecified atom stereocenters. The van der Waals surface area contributed by atoms with E-state index in [-0.39, 0.29) is 16.9 Å². The highest BCUT2D eigenvalue weighted by Crippen LogP contribution is 2.48. The molecule has 258 valence electrons. The van der Waals surface area contributed by atoms with Gasteiger partial charge in [-0.05, 0) is 139 Å². The number of rotatable bonds is 4. The second kappa shape index (κ2) is 11.6. The first-order valence-electron chi connectivity index (χ1n) is 19.1. The predicted octanol–water partition coefficient (Wildman–Crippen LogP) is 12.4. The molecule has 2 atom stereocenters. The molecule has 1 aliphatic heterocycles. The highest BCUT2D eigenvalue weighted by Gasteiger charge is 2.38. The molecule has 1 aliphatic carbocycles. The molecule has 0 saturated heterocycles. The lowest BCUT2D eigenvalue weighted by atomic mass is 9.62. The molecule has 0 spiro atoms. The molecule has 0 saturated carbocycles. The van der Waals surface area contributed by atoms with E-state index < -0.39 is 0 Å². The number of nitrogens with one attached hydrogen (secondary N) is 1. The molecule has 0 bridgehead atoms. The number of allylic oxidation sites excluding steroid dienone is 2. The zero-order valence-electron chi connectivity index (χ0n) is 31.2. The third-order valence-electron chi connectivity index (χ3n) is 12.6. The summed E-state index contributed by atoms with van der Waals surface area (Å²) in [6, 6.07) is 48.3. The summed E-state index contributed by atoms with van der Waals surface area (Å²) in [6.45, 7) is 11.8. The highest BCUT2D eigenvalue weighted by atomic mass is 15.0. The standard InChI is InChI=1S/C51H44N2/c1-32-39(15-11-27-52-32)33-17-19-34(20-18-33)43-29-44(42-25-22-37-31-51(5,50(2,3)4)30-36-21-24-41(43)49(42)48(36)37)35-23-26-47-45(28-35)40-14-9-10-16-46(40)53(47)38-12-7-6-8-13-38/h6-30,32,52H,31H2,1-5H3. The van der Waals surface area contributed by atoms with E-state index in [0.29, 0.717) is 0 Å². The van der Waals surface area contributed by atoms with Gasteiger partial charge in [0.2, 0.25) is 0 Å². The molecular weight excluding hydrogens is 641 g/mol. The molecule has 2 aliphatic rings. The van der Waals surface area contributed by atoms with Crippen LogP contribution in [0.15, 0.2) is 146 Å². The summed E-state index contributed by atoms with van der Waals surface area (Å²) in [6.07, 6.45) is 9.96. The second-order valence-electron chi connectivity index (χ2n) is 16.6. The first-order valence-corrected chi connectivity index (χ1v) is 19.1. The van der Waals surface area contributed by atoms with Crippen molar-refractivity contribution >= 4 is 55.0 Å². The van der Waals surface area contributed by atoms with Crippen LogP contribution in [0, 0.1) is 10.8 Å². The Hall–Kier alpha value is -5.86. The van der Waals surface area contributed by atoms with E-state index in [9.17, 15) is 0 Å². The molecule has 53 heavy (non-hydrogen) atoms. The molecular formula is C51H44N2. The number of hydrogen-bond acceptors (Lipinski definition) is 1. The fourth-order valence-electron chi connectivity index (χ4n) is 9.13. The van der Waals surface area contributed by atoms with Crippen molar-refractivity contribution in [1.29, 1.82) is 0 Å². The molecule has 0 fully saturated rings. The molecule has 2 nitrogen and oxygen atoms in total. The van der Waals surface area contributed by atoms with Crippen LogP contribution < -0.4 is 10.5 Å². The van der Waals surface area contributed by atoms with Crippen LogP contribution in [0.5, 0.6) is 0 Å². The van der Waals surface area contributed by atoms with Gasteiger partial charge in [0, 0.05) is 22.5 Å². The molecule has 1 N–H and O–H groups in total. The van der Waals surface area contributed by atoms with Crippen LogP contribution in [0.4, 0.5) is 0 Å². The normalized spacial score (nSPS) is 18.4. The fourth-order valence-corrected chi connectivity index (χ4v) is 9.13. The minimum Gasteiger partial charge on any atom is -0.384 e. The van der Waals surface area contributed by atoms with E-state index in [2.05, 4.69) is 190 Å². The number of hydrogen-bond donors (Lipinski definition) is 1. The molecule has 8 aromatic rings. The maximum atomic E-state index is 3.46. The van der Waals surface area contributed by atoms with Crippen molar-refractivity contribution in [2.45, 2.75) is 47.1 Å². The molecule has 2 heteroatoms. The van der Waals surface area contributed by atoms with Crippen LogP contribution in [-0.4, -0.2) is 10.6 Å². The number of benzene rings is 7. The van der Waals surface area contributed by atoms with Crippen molar-refractivity contribution in [2.24, 2.45) is 10.8 Å². The third kappa shape index (κ3) is 4.85. The van der Waals surface area contributed by atoms with Crippen molar-refractivity contribution in [3.05, 3.63) is 162 Å². The Morgan fingerprint density at radius 3 is 2.09 bits per heavy atom. The first-order chi connectivity index (χ1) is 25.7. The van der Waals surface area contributed by atoms with Gasteiger partial charge in [-0.15, -0.1) is 0 Å². The van der Waals surface area contributed by atoms with Crippen molar-refractivity contribution in [2.75, 3.05) is 0 Å². The maximum Gasteiger partial charge on any atom is 0.0541 e. The fraction of sp³-hybridized carbons (Fsp3) is 0.176. The topological polar surface area (TPSA) is 17.0 Å². The van der Waals surface area contributed by atoms with Gasteiger partial charge in [0.25, 0.3) is 0 Å². The summed E-state index contributed by atoms with van der Waals surface area (Å²) in [5.74, 6) is 0. The minimum atomic E-state index is 0.0636. The van der Waals surface area contributed by atoms with Crippen molar-refractivity contribution in [3.8, 4) is 27.9 Å². The van der Waals surface area contributed by atoms with Crippen LogP contribution in [0.1, 0.15) is 45.7 Å².